The van der Waals surface area contributed by atoms with Crippen LogP contribution in [0.5, 0.6) is 0 Å². The van der Waals surface area contributed by atoms with E-state index in [1.807, 2.05) is 31.2 Å². The maximum atomic E-state index is 5.91. The number of hydrogen-bond donors (Lipinski definition) is 3. The summed E-state index contributed by atoms with van der Waals surface area (Å²) in [6.45, 7) is 7.45. The fourth-order valence-corrected chi connectivity index (χ4v) is 3.70. The van der Waals surface area contributed by atoms with Crippen molar-refractivity contribution in [1.82, 2.24) is 30.0 Å². The van der Waals surface area contributed by atoms with Crippen LogP contribution in [-0.4, -0.2) is 55.0 Å². The molecule has 0 aromatic carbocycles. The van der Waals surface area contributed by atoms with E-state index >= 15 is 0 Å². The Labute approximate surface area is 173 Å². The highest BCUT2D eigenvalue weighted by molar-refractivity contribution is 5.98. The van der Waals surface area contributed by atoms with Gasteiger partial charge < -0.3 is 15.6 Å². The molecular weight excluding hydrogens is 376 g/mol. The van der Waals surface area contributed by atoms with Crippen molar-refractivity contribution < 1.29 is 0 Å². The molecular formula is C22H22N8. The molecule has 1 saturated heterocycles. The van der Waals surface area contributed by atoms with Gasteiger partial charge in [0.05, 0.1) is 28.1 Å². The van der Waals surface area contributed by atoms with Gasteiger partial charge in [0.25, 0.3) is 0 Å². The summed E-state index contributed by atoms with van der Waals surface area (Å²) in [6.07, 6.45) is 7.31. The van der Waals surface area contributed by atoms with Crippen LogP contribution >= 0.6 is 0 Å². The first-order valence-corrected chi connectivity index (χ1v) is 9.83. The van der Waals surface area contributed by atoms with Gasteiger partial charge in [-0.25, -0.2) is 9.98 Å². The van der Waals surface area contributed by atoms with Crippen molar-refractivity contribution >= 4 is 33.6 Å². The number of aromatic nitrogens is 5. The second-order valence-electron chi connectivity index (χ2n) is 7.33. The van der Waals surface area contributed by atoms with Crippen LogP contribution in [0.1, 0.15) is 12.5 Å². The molecule has 0 unspecified atom stereocenters. The number of H-pyrrole nitrogens is 2. The van der Waals surface area contributed by atoms with Gasteiger partial charge in [0.1, 0.15) is 5.84 Å². The van der Waals surface area contributed by atoms with E-state index in [1.54, 1.807) is 18.5 Å². The Balaban J connectivity index is 1.55. The second-order valence-corrected chi connectivity index (χ2v) is 7.33. The van der Waals surface area contributed by atoms with Crippen LogP contribution in [0.3, 0.4) is 0 Å². The molecule has 1 aliphatic rings. The van der Waals surface area contributed by atoms with Crippen LogP contribution < -0.4 is 5.73 Å². The van der Waals surface area contributed by atoms with Gasteiger partial charge in [-0.05, 0) is 37.3 Å². The largest absolute Gasteiger partial charge is 0.353 e. The standard InChI is InChI=1S/C22H22N8/c1-3-16(27-20(4-2)30-11-14(23)12-30)13-8-15-21(28-29-22(15)25-10-13)19-9-18-17(26-19)6-5-7-24-18/h3-10,14,26H,2,11-12,23H2,1H3,(H,25,28,29)/b16-3-,27-20?. The highest BCUT2D eigenvalue weighted by atomic mass is 15.3. The molecule has 0 saturated carbocycles. The van der Waals surface area contributed by atoms with E-state index in [4.69, 9.17) is 10.7 Å². The number of nitrogens with two attached hydrogens (primary N) is 1. The van der Waals surface area contributed by atoms with Crippen LogP contribution in [0.25, 0.3) is 39.2 Å². The van der Waals surface area contributed by atoms with Crippen molar-refractivity contribution in [3.05, 3.63) is 61.0 Å². The number of rotatable bonds is 4. The molecule has 0 bridgehead atoms. The number of amidine groups is 1. The number of aromatic amines is 2. The zero-order chi connectivity index (χ0) is 20.7. The van der Waals surface area contributed by atoms with Gasteiger partial charge in [0, 0.05) is 42.5 Å². The first-order chi connectivity index (χ1) is 14.7. The molecule has 8 heteroatoms. The van der Waals surface area contributed by atoms with Crippen molar-refractivity contribution in [2.24, 2.45) is 10.7 Å². The van der Waals surface area contributed by atoms with Crippen molar-refractivity contribution in [3.63, 3.8) is 0 Å². The first-order valence-electron chi connectivity index (χ1n) is 9.83. The summed E-state index contributed by atoms with van der Waals surface area (Å²) >= 11 is 0. The third kappa shape index (κ3) is 3.07. The van der Waals surface area contributed by atoms with E-state index in [1.165, 1.54) is 0 Å². The fraction of sp³-hybridized carbons (Fsp3) is 0.182. The molecule has 0 aliphatic carbocycles. The maximum absolute atomic E-state index is 5.91. The lowest BCUT2D eigenvalue weighted by atomic mass is 10.1. The summed E-state index contributed by atoms with van der Waals surface area (Å²) in [5, 5.41) is 8.38. The van der Waals surface area contributed by atoms with Crippen LogP contribution in [-0.2, 0) is 0 Å². The summed E-state index contributed by atoms with van der Waals surface area (Å²) < 4.78 is 0. The molecule has 1 aliphatic heterocycles. The number of nitrogens with zero attached hydrogens (tertiary/aromatic N) is 5. The van der Waals surface area contributed by atoms with Crippen LogP contribution in [0.2, 0.25) is 0 Å². The van der Waals surface area contributed by atoms with Gasteiger partial charge >= 0.3 is 0 Å². The van der Waals surface area contributed by atoms with E-state index in [-0.39, 0.29) is 6.04 Å². The minimum Gasteiger partial charge on any atom is -0.353 e. The van der Waals surface area contributed by atoms with Crippen LogP contribution in [0.15, 0.2) is 60.4 Å². The molecule has 5 heterocycles. The van der Waals surface area contributed by atoms with E-state index in [9.17, 15) is 0 Å². The SMILES string of the molecule is C=CC(=N/C(=C\C)c1cnc2n[nH]c(-c3cc4ncccc4[nH]3)c2c1)N1CC(N)C1. The van der Waals surface area contributed by atoms with E-state index < -0.39 is 0 Å². The lowest BCUT2D eigenvalue weighted by molar-refractivity contribution is 0.256. The molecule has 0 spiro atoms. The number of fused-ring (bicyclic) bond motifs is 2. The summed E-state index contributed by atoms with van der Waals surface area (Å²) in [6, 6.07) is 8.17. The average Bonchev–Trinajstić information content (AvgIpc) is 3.36. The van der Waals surface area contributed by atoms with E-state index in [0.717, 1.165) is 58.0 Å². The van der Waals surface area contributed by atoms with E-state index in [2.05, 4.69) is 42.7 Å². The summed E-state index contributed by atoms with van der Waals surface area (Å²) in [5.41, 5.74) is 12.0. The summed E-state index contributed by atoms with van der Waals surface area (Å²) in [5.74, 6) is 0.819. The number of likely N-dealkylation sites (tertiary alicyclic amines) is 1. The van der Waals surface area contributed by atoms with Gasteiger partial charge in [0.15, 0.2) is 5.65 Å². The molecule has 4 N–H and O–H groups in total. The number of pyridine rings is 2. The van der Waals surface area contributed by atoms with Gasteiger partial charge in [-0.1, -0.05) is 12.7 Å². The van der Waals surface area contributed by atoms with Crippen molar-refractivity contribution in [2.75, 3.05) is 13.1 Å². The molecule has 4 aromatic rings. The molecule has 1 fully saturated rings. The fourth-order valence-electron chi connectivity index (χ4n) is 3.70. The smallest absolute Gasteiger partial charge is 0.181 e. The minimum atomic E-state index is 0.196. The monoisotopic (exact) mass is 398 g/mol. The lowest BCUT2D eigenvalue weighted by Gasteiger charge is -2.38. The number of aliphatic imine (C=N–C) groups is 1. The molecule has 5 rings (SSSR count). The number of allylic oxidation sites excluding steroid dienone is 1. The van der Waals surface area contributed by atoms with Gasteiger partial charge in [-0.15, -0.1) is 0 Å². The Morgan fingerprint density at radius 2 is 2.20 bits per heavy atom. The molecule has 0 radical (unpaired) electrons. The predicted octanol–water partition coefficient (Wildman–Crippen LogP) is 3.09. The molecule has 8 nitrogen and oxygen atoms in total. The maximum Gasteiger partial charge on any atom is 0.181 e. The molecule has 4 aromatic heterocycles. The zero-order valence-electron chi connectivity index (χ0n) is 16.6. The molecule has 0 atom stereocenters. The van der Waals surface area contributed by atoms with Gasteiger partial charge in [-0.3, -0.25) is 10.1 Å². The normalized spacial score (nSPS) is 15.7. The van der Waals surface area contributed by atoms with Crippen molar-refractivity contribution in [2.45, 2.75) is 13.0 Å². The average molecular weight is 398 g/mol. The Morgan fingerprint density at radius 1 is 1.33 bits per heavy atom. The van der Waals surface area contributed by atoms with Crippen LogP contribution in [0, 0.1) is 0 Å². The summed E-state index contributed by atoms with van der Waals surface area (Å²) in [4.78, 5) is 19.3. The lowest BCUT2D eigenvalue weighted by Crippen LogP contribution is -2.57. The predicted molar refractivity (Wildman–Crippen MR) is 120 cm³/mol. The minimum absolute atomic E-state index is 0.196. The second kappa shape index (κ2) is 7.23. The van der Waals surface area contributed by atoms with E-state index in [0.29, 0.717) is 5.65 Å². The Kier molecular flexibility index (Phi) is 4.40. The quantitative estimate of drug-likeness (QED) is 0.361. The zero-order valence-corrected chi connectivity index (χ0v) is 16.6. The van der Waals surface area contributed by atoms with Crippen molar-refractivity contribution in [1.29, 1.82) is 0 Å². The Hall–Kier alpha value is -3.78. The molecule has 150 valence electrons. The number of nitrogens with one attached hydrogen (secondary N) is 2. The summed E-state index contributed by atoms with van der Waals surface area (Å²) in [7, 11) is 0. The Morgan fingerprint density at radius 3 is 2.93 bits per heavy atom. The van der Waals surface area contributed by atoms with Gasteiger partial charge in [0.2, 0.25) is 0 Å². The Bertz CT molecular complexity index is 1270. The van der Waals surface area contributed by atoms with Crippen LogP contribution in [0.4, 0.5) is 0 Å². The molecule has 0 amide bonds. The third-order valence-corrected chi connectivity index (χ3v) is 5.29. The van der Waals surface area contributed by atoms with Crippen molar-refractivity contribution in [3.8, 4) is 11.4 Å². The topological polar surface area (TPSA) is 112 Å². The highest BCUT2D eigenvalue weighted by Crippen LogP contribution is 2.29. The number of hydrogen-bond acceptors (Lipinski definition) is 5. The first kappa shape index (κ1) is 18.3. The molecule has 30 heavy (non-hydrogen) atoms. The van der Waals surface area contributed by atoms with Gasteiger partial charge in [-0.2, -0.15) is 5.10 Å². The third-order valence-electron chi connectivity index (χ3n) is 5.29. The highest BCUT2D eigenvalue weighted by Gasteiger charge is 2.25.